The van der Waals surface area contributed by atoms with E-state index >= 15 is 0 Å². The number of nitrogens with zero attached hydrogens (tertiary/aromatic N) is 2. The van der Waals surface area contributed by atoms with Crippen LogP contribution >= 0.6 is 15.9 Å². The summed E-state index contributed by atoms with van der Waals surface area (Å²) in [6.45, 7) is 2.66. The number of nitrogens with one attached hydrogen (secondary N) is 1. The van der Waals surface area contributed by atoms with Crippen LogP contribution in [-0.4, -0.2) is 48.2 Å². The molecule has 1 amide bonds. The van der Waals surface area contributed by atoms with Crippen molar-refractivity contribution in [2.24, 2.45) is 13.0 Å². The van der Waals surface area contributed by atoms with Gasteiger partial charge in [0.05, 0.1) is 12.5 Å². The number of pyridine rings is 1. The maximum Gasteiger partial charge on any atom is 0.250 e. The summed E-state index contributed by atoms with van der Waals surface area (Å²) in [6.07, 6.45) is 8.79. The fraction of sp³-hybridized carbons (Fsp3) is 0.462. The molecule has 0 unspecified atom stereocenters. The van der Waals surface area contributed by atoms with Gasteiger partial charge in [-0.25, -0.2) is 0 Å². The van der Waals surface area contributed by atoms with Crippen molar-refractivity contribution in [1.82, 2.24) is 14.8 Å². The first-order chi connectivity index (χ1) is 16.0. The molecule has 1 saturated heterocycles. The molecule has 0 bridgehead atoms. The van der Waals surface area contributed by atoms with E-state index in [1.54, 1.807) is 31.0 Å². The Labute approximate surface area is 203 Å². The molecule has 1 aliphatic heterocycles. The smallest absolute Gasteiger partial charge is 0.250 e. The molecule has 2 fully saturated rings. The van der Waals surface area contributed by atoms with Gasteiger partial charge in [0.1, 0.15) is 0 Å². The zero-order chi connectivity index (χ0) is 23.4. The van der Waals surface area contributed by atoms with Gasteiger partial charge in [0.2, 0.25) is 5.91 Å². The Kier molecular flexibility index (Phi) is 7.83. The van der Waals surface area contributed by atoms with E-state index in [1.807, 2.05) is 18.2 Å². The number of rotatable bonds is 8. The second-order valence-corrected chi connectivity index (χ2v) is 9.98. The molecule has 1 aromatic heterocycles. The average molecular weight is 514 g/mol. The van der Waals surface area contributed by atoms with Crippen LogP contribution < -0.4 is 10.9 Å². The highest BCUT2D eigenvalue weighted by Crippen LogP contribution is 2.36. The fourth-order valence-corrected chi connectivity index (χ4v) is 5.20. The summed E-state index contributed by atoms with van der Waals surface area (Å²) in [4.78, 5) is 28.2. The average Bonchev–Trinajstić information content (AvgIpc) is 3.64. The van der Waals surface area contributed by atoms with Crippen LogP contribution in [0, 0.1) is 5.92 Å². The van der Waals surface area contributed by atoms with Crippen LogP contribution in [0.15, 0.2) is 51.9 Å². The van der Waals surface area contributed by atoms with Crippen molar-refractivity contribution >= 4 is 27.9 Å². The van der Waals surface area contributed by atoms with Gasteiger partial charge in [-0.05, 0) is 72.7 Å². The minimum absolute atomic E-state index is 0.0283. The first-order valence-corrected chi connectivity index (χ1v) is 12.4. The van der Waals surface area contributed by atoms with Gasteiger partial charge >= 0.3 is 0 Å². The third-order valence-electron chi connectivity index (χ3n) is 6.53. The Morgan fingerprint density at radius 2 is 2.09 bits per heavy atom. The normalized spacial score (nSPS) is 20.8. The highest BCUT2D eigenvalue weighted by Gasteiger charge is 2.40. The van der Waals surface area contributed by atoms with E-state index in [0.29, 0.717) is 25.7 Å². The highest BCUT2D eigenvalue weighted by molar-refractivity contribution is 9.10. The Morgan fingerprint density at radius 3 is 2.82 bits per heavy atom. The predicted molar refractivity (Wildman–Crippen MR) is 134 cm³/mol. The van der Waals surface area contributed by atoms with Gasteiger partial charge in [0.15, 0.2) is 0 Å². The summed E-state index contributed by atoms with van der Waals surface area (Å²) in [6, 6.07) is 10.3. The van der Waals surface area contributed by atoms with Gasteiger partial charge in [0.25, 0.3) is 5.56 Å². The number of piperidine rings is 1. The van der Waals surface area contributed by atoms with Crippen LogP contribution in [0.3, 0.4) is 0 Å². The predicted octanol–water partition coefficient (Wildman–Crippen LogP) is 3.69. The van der Waals surface area contributed by atoms with Gasteiger partial charge < -0.3 is 19.5 Å². The molecule has 0 radical (unpaired) electrons. The van der Waals surface area contributed by atoms with Crippen molar-refractivity contribution in [3.8, 4) is 0 Å². The van der Waals surface area contributed by atoms with Gasteiger partial charge in [-0.1, -0.05) is 28.1 Å². The Balaban J connectivity index is 1.57. The number of amides is 1. The van der Waals surface area contributed by atoms with E-state index in [4.69, 9.17) is 4.74 Å². The lowest BCUT2D eigenvalue weighted by atomic mass is 9.80. The number of aromatic nitrogens is 1. The molecule has 176 valence electrons. The first kappa shape index (κ1) is 23.9. The van der Waals surface area contributed by atoms with E-state index in [2.05, 4.69) is 44.3 Å². The first-order valence-electron chi connectivity index (χ1n) is 11.6. The van der Waals surface area contributed by atoms with Crippen LogP contribution in [0.5, 0.6) is 0 Å². The molecule has 1 aromatic carbocycles. The molecule has 2 atom stereocenters. The molecule has 2 heterocycles. The molecule has 7 heteroatoms. The monoisotopic (exact) mass is 513 g/mol. The summed E-state index contributed by atoms with van der Waals surface area (Å²) in [5.41, 5.74) is 3.13. The molecule has 0 spiro atoms. The molecule has 4 rings (SSSR count). The Hall–Kier alpha value is -2.22. The Morgan fingerprint density at radius 1 is 1.27 bits per heavy atom. The molecule has 1 aliphatic carbocycles. The molecule has 2 aliphatic rings. The standard InChI is InChI=1S/C26H32BrN3O3/c1-29-10-8-20(15-25(29)31)23-7-9-28-16-24(23)26(32)30(22-5-6-22)17-19-12-18(4-3-11-33-2)13-21(27)14-19/h3-4,8,10,12-15,22-24,28H,5-7,9,11,16-17H2,1-2H3/t23-,24+/m1/s1. The SMILES string of the molecule is COCC=Cc1cc(Br)cc(CN(C(=O)[C@H]2CNCC[C@@H]2c2ccn(C)c(=O)c2)C2CC2)c1. The van der Waals surface area contributed by atoms with Gasteiger partial charge in [-0.2, -0.15) is 0 Å². The molecule has 33 heavy (non-hydrogen) atoms. The lowest BCUT2D eigenvalue weighted by Gasteiger charge is -2.35. The highest BCUT2D eigenvalue weighted by atomic mass is 79.9. The van der Waals surface area contributed by atoms with Crippen LogP contribution in [0.1, 0.15) is 41.9 Å². The van der Waals surface area contributed by atoms with Gasteiger partial charge in [-0.3, -0.25) is 9.59 Å². The maximum atomic E-state index is 13.9. The summed E-state index contributed by atoms with van der Waals surface area (Å²) in [5.74, 6) is 0.0791. The summed E-state index contributed by atoms with van der Waals surface area (Å²) in [7, 11) is 3.43. The van der Waals surface area contributed by atoms with E-state index in [9.17, 15) is 9.59 Å². The molecular weight excluding hydrogens is 482 g/mol. The molecular formula is C26H32BrN3O3. The minimum Gasteiger partial charge on any atom is -0.381 e. The van der Waals surface area contributed by atoms with Crippen LogP contribution in [0.25, 0.3) is 6.08 Å². The Bertz CT molecular complexity index is 1080. The maximum absolute atomic E-state index is 13.9. The number of carbonyl (C=O) groups is 1. The lowest BCUT2D eigenvalue weighted by molar-refractivity contribution is -0.138. The van der Waals surface area contributed by atoms with Crippen molar-refractivity contribution in [2.45, 2.75) is 37.8 Å². The number of ether oxygens (including phenoxy) is 1. The quantitative estimate of drug-likeness (QED) is 0.584. The van der Waals surface area contributed by atoms with Crippen molar-refractivity contribution in [2.75, 3.05) is 26.8 Å². The second kappa shape index (κ2) is 10.8. The topological polar surface area (TPSA) is 63.6 Å². The largest absolute Gasteiger partial charge is 0.381 e. The lowest BCUT2D eigenvalue weighted by Crippen LogP contribution is -2.47. The minimum atomic E-state index is -0.167. The van der Waals surface area contributed by atoms with Crippen molar-refractivity contribution < 1.29 is 9.53 Å². The fourth-order valence-electron chi connectivity index (χ4n) is 4.64. The van der Waals surface area contributed by atoms with E-state index < -0.39 is 0 Å². The molecule has 2 aromatic rings. The van der Waals surface area contributed by atoms with Crippen LogP contribution in [0.4, 0.5) is 0 Å². The number of methoxy groups -OCH3 is 1. The summed E-state index contributed by atoms with van der Waals surface area (Å²) < 4.78 is 7.68. The third kappa shape index (κ3) is 6.02. The molecule has 6 nitrogen and oxygen atoms in total. The van der Waals surface area contributed by atoms with Gasteiger partial charge in [0, 0.05) is 50.0 Å². The zero-order valence-electron chi connectivity index (χ0n) is 19.3. The van der Waals surface area contributed by atoms with E-state index in [1.165, 1.54) is 0 Å². The third-order valence-corrected chi connectivity index (χ3v) is 6.99. The van der Waals surface area contributed by atoms with Crippen molar-refractivity contribution in [1.29, 1.82) is 0 Å². The second-order valence-electron chi connectivity index (χ2n) is 9.06. The number of aryl methyl sites for hydroxylation is 1. The van der Waals surface area contributed by atoms with Gasteiger partial charge in [-0.15, -0.1) is 0 Å². The molecule has 1 saturated carbocycles. The van der Waals surface area contributed by atoms with Crippen molar-refractivity contribution in [3.63, 3.8) is 0 Å². The van der Waals surface area contributed by atoms with Crippen LogP contribution in [-0.2, 0) is 23.1 Å². The van der Waals surface area contributed by atoms with E-state index in [0.717, 1.165) is 47.0 Å². The van der Waals surface area contributed by atoms with E-state index in [-0.39, 0.29) is 23.3 Å². The molecule has 1 N–H and O–H groups in total. The summed E-state index contributed by atoms with van der Waals surface area (Å²) in [5, 5.41) is 3.41. The van der Waals surface area contributed by atoms with Crippen LogP contribution in [0.2, 0.25) is 0 Å². The number of hydrogen-bond acceptors (Lipinski definition) is 4. The number of hydrogen-bond donors (Lipinski definition) is 1. The number of benzene rings is 1. The number of carbonyl (C=O) groups excluding carboxylic acids is 1. The number of halogens is 1. The van der Waals surface area contributed by atoms with Crippen molar-refractivity contribution in [3.05, 3.63) is 74.1 Å². The summed E-state index contributed by atoms with van der Waals surface area (Å²) >= 11 is 3.62. The zero-order valence-corrected chi connectivity index (χ0v) is 20.9.